The van der Waals surface area contributed by atoms with Crippen molar-refractivity contribution in [3.05, 3.63) is 12.2 Å². The molecule has 0 saturated carbocycles. The van der Waals surface area contributed by atoms with Gasteiger partial charge in [0.05, 0.1) is 26.4 Å². The molecule has 160 valence electrons. The number of amides is 3. The third kappa shape index (κ3) is 11.0. The summed E-state index contributed by atoms with van der Waals surface area (Å²) in [6, 6.07) is 0. The van der Waals surface area contributed by atoms with E-state index in [2.05, 4.69) is 5.32 Å². The molecule has 1 N–H and O–H groups in total. The van der Waals surface area contributed by atoms with Crippen LogP contribution in [0.15, 0.2) is 12.2 Å². The largest absolute Gasteiger partial charge is 0.447 e. The van der Waals surface area contributed by atoms with Crippen molar-refractivity contribution in [1.82, 2.24) is 10.2 Å². The van der Waals surface area contributed by atoms with Crippen LogP contribution >= 0.6 is 0 Å². The lowest BCUT2D eigenvalue weighted by atomic mass is 10.3. The molecule has 0 bridgehead atoms. The first-order valence-corrected chi connectivity index (χ1v) is 9.75. The van der Waals surface area contributed by atoms with Gasteiger partial charge in [-0.1, -0.05) is 6.92 Å². The Balaban J connectivity index is 1.78. The van der Waals surface area contributed by atoms with E-state index in [9.17, 15) is 14.4 Å². The zero-order chi connectivity index (χ0) is 20.6. The minimum absolute atomic E-state index is 0.0758. The van der Waals surface area contributed by atoms with Crippen molar-refractivity contribution in [3.63, 3.8) is 0 Å². The van der Waals surface area contributed by atoms with Crippen molar-refractivity contribution in [2.75, 3.05) is 52.7 Å². The highest BCUT2D eigenvalue weighted by Gasteiger charge is 2.22. The average Bonchev–Trinajstić information content (AvgIpc) is 2.99. The molecule has 9 heteroatoms. The molecule has 0 spiro atoms. The molecule has 1 rings (SSSR count). The van der Waals surface area contributed by atoms with Crippen LogP contribution in [0.3, 0.4) is 0 Å². The Hall–Kier alpha value is -1.97. The summed E-state index contributed by atoms with van der Waals surface area (Å²) in [7, 11) is 0. The van der Waals surface area contributed by atoms with Crippen LogP contribution in [-0.2, 0) is 28.5 Å². The summed E-state index contributed by atoms with van der Waals surface area (Å²) in [6.45, 7) is 7.52. The van der Waals surface area contributed by atoms with Gasteiger partial charge in [-0.05, 0) is 26.2 Å². The van der Waals surface area contributed by atoms with Crippen molar-refractivity contribution in [3.8, 4) is 0 Å². The highest BCUT2D eigenvalue weighted by atomic mass is 16.6. The summed E-state index contributed by atoms with van der Waals surface area (Å²) in [4.78, 5) is 35.2. The van der Waals surface area contributed by atoms with Gasteiger partial charge in [0.2, 0.25) is 0 Å². The predicted molar refractivity (Wildman–Crippen MR) is 102 cm³/mol. The Morgan fingerprint density at radius 3 is 2.07 bits per heavy atom. The van der Waals surface area contributed by atoms with Gasteiger partial charge in [-0.3, -0.25) is 14.5 Å². The number of hydrogen-bond donors (Lipinski definition) is 1. The van der Waals surface area contributed by atoms with Crippen LogP contribution in [-0.4, -0.2) is 81.6 Å². The number of imide groups is 1. The summed E-state index contributed by atoms with van der Waals surface area (Å²) in [5, 5.41) is 2.67. The Bertz CT molecular complexity index is 493. The van der Waals surface area contributed by atoms with Crippen LogP contribution in [0.2, 0.25) is 0 Å². The fourth-order valence-electron chi connectivity index (χ4n) is 2.19. The SMILES string of the molecule is CCC(C)OC(=O)NCCCOCCOCCOCCCN1C(=O)C=CC1=O. The second kappa shape index (κ2) is 15.0. The van der Waals surface area contributed by atoms with Crippen LogP contribution in [0.25, 0.3) is 0 Å². The van der Waals surface area contributed by atoms with E-state index >= 15 is 0 Å². The number of alkyl carbamates (subject to hydrolysis) is 1. The normalized spacial score (nSPS) is 14.6. The monoisotopic (exact) mass is 400 g/mol. The number of carbonyl (C=O) groups excluding carboxylic acids is 3. The number of carbonyl (C=O) groups is 3. The maximum atomic E-state index is 11.4. The van der Waals surface area contributed by atoms with Crippen molar-refractivity contribution >= 4 is 17.9 Å². The summed E-state index contributed by atoms with van der Waals surface area (Å²) in [6.07, 6.45) is 4.17. The van der Waals surface area contributed by atoms with Crippen LogP contribution in [0.4, 0.5) is 4.79 Å². The van der Waals surface area contributed by atoms with E-state index < -0.39 is 6.09 Å². The summed E-state index contributed by atoms with van der Waals surface area (Å²) in [5.41, 5.74) is 0. The van der Waals surface area contributed by atoms with Gasteiger partial charge in [0.25, 0.3) is 11.8 Å². The standard InChI is InChI=1S/C19H32N2O7/c1-3-16(2)28-19(24)20-8-4-10-25-12-14-27-15-13-26-11-5-9-21-17(22)6-7-18(21)23/h6-7,16H,3-5,8-15H2,1-2H3,(H,20,24). The van der Waals surface area contributed by atoms with E-state index in [0.29, 0.717) is 65.6 Å². The van der Waals surface area contributed by atoms with E-state index in [-0.39, 0.29) is 17.9 Å². The van der Waals surface area contributed by atoms with Gasteiger partial charge in [0, 0.05) is 38.5 Å². The van der Waals surface area contributed by atoms with Gasteiger partial charge >= 0.3 is 6.09 Å². The number of nitrogens with zero attached hydrogens (tertiary/aromatic N) is 1. The molecular weight excluding hydrogens is 368 g/mol. The summed E-state index contributed by atoms with van der Waals surface area (Å²) < 4.78 is 21.3. The first-order valence-electron chi connectivity index (χ1n) is 9.75. The molecule has 28 heavy (non-hydrogen) atoms. The average molecular weight is 400 g/mol. The third-order valence-electron chi connectivity index (χ3n) is 3.93. The fourth-order valence-corrected chi connectivity index (χ4v) is 2.19. The lowest BCUT2D eigenvalue weighted by Gasteiger charge is -2.13. The van der Waals surface area contributed by atoms with E-state index in [1.54, 1.807) is 0 Å². The molecule has 1 heterocycles. The van der Waals surface area contributed by atoms with E-state index in [0.717, 1.165) is 6.42 Å². The topological polar surface area (TPSA) is 103 Å². The molecule has 0 aromatic rings. The van der Waals surface area contributed by atoms with Crippen molar-refractivity contribution < 1.29 is 33.3 Å². The molecule has 1 aliphatic heterocycles. The molecule has 1 unspecified atom stereocenters. The zero-order valence-electron chi connectivity index (χ0n) is 16.8. The maximum absolute atomic E-state index is 11.4. The number of ether oxygens (including phenoxy) is 4. The van der Waals surface area contributed by atoms with Crippen LogP contribution in [0.5, 0.6) is 0 Å². The molecule has 0 aliphatic carbocycles. The highest BCUT2D eigenvalue weighted by molar-refractivity contribution is 6.12. The second-order valence-corrected chi connectivity index (χ2v) is 6.26. The molecule has 0 fully saturated rings. The zero-order valence-corrected chi connectivity index (χ0v) is 16.8. The Morgan fingerprint density at radius 2 is 1.50 bits per heavy atom. The lowest BCUT2D eigenvalue weighted by molar-refractivity contribution is -0.137. The smallest absolute Gasteiger partial charge is 0.407 e. The summed E-state index contributed by atoms with van der Waals surface area (Å²) >= 11 is 0. The number of rotatable bonds is 16. The van der Waals surface area contributed by atoms with Gasteiger partial charge < -0.3 is 24.3 Å². The first kappa shape index (κ1) is 24.1. The molecule has 0 aromatic carbocycles. The molecule has 0 radical (unpaired) electrons. The van der Waals surface area contributed by atoms with Crippen LogP contribution in [0, 0.1) is 0 Å². The van der Waals surface area contributed by atoms with E-state index in [1.807, 2.05) is 13.8 Å². The first-order chi connectivity index (χ1) is 13.5. The molecular formula is C19H32N2O7. The molecule has 0 saturated heterocycles. The third-order valence-corrected chi connectivity index (χ3v) is 3.93. The van der Waals surface area contributed by atoms with Crippen molar-refractivity contribution in [2.45, 2.75) is 39.2 Å². The molecule has 1 aliphatic rings. The number of nitrogens with one attached hydrogen (secondary N) is 1. The van der Waals surface area contributed by atoms with Gasteiger partial charge in [-0.2, -0.15) is 0 Å². The minimum Gasteiger partial charge on any atom is -0.447 e. The minimum atomic E-state index is -0.395. The van der Waals surface area contributed by atoms with Crippen LogP contribution in [0.1, 0.15) is 33.1 Å². The maximum Gasteiger partial charge on any atom is 0.407 e. The van der Waals surface area contributed by atoms with Gasteiger partial charge in [0.15, 0.2) is 0 Å². The molecule has 1 atom stereocenters. The highest BCUT2D eigenvalue weighted by Crippen LogP contribution is 2.04. The quantitative estimate of drug-likeness (QED) is 0.307. The molecule has 9 nitrogen and oxygen atoms in total. The molecule has 0 aromatic heterocycles. The van der Waals surface area contributed by atoms with Crippen molar-refractivity contribution in [2.24, 2.45) is 0 Å². The Labute approximate surface area is 166 Å². The fraction of sp³-hybridized carbons (Fsp3) is 0.737. The van der Waals surface area contributed by atoms with Crippen molar-refractivity contribution in [1.29, 1.82) is 0 Å². The van der Waals surface area contributed by atoms with Gasteiger partial charge in [-0.25, -0.2) is 4.79 Å². The Morgan fingerprint density at radius 1 is 0.964 bits per heavy atom. The van der Waals surface area contributed by atoms with Gasteiger partial charge in [0.1, 0.15) is 6.10 Å². The van der Waals surface area contributed by atoms with E-state index in [1.165, 1.54) is 17.1 Å². The summed E-state index contributed by atoms with van der Waals surface area (Å²) in [5.74, 6) is -0.537. The second-order valence-electron chi connectivity index (χ2n) is 6.26. The van der Waals surface area contributed by atoms with Crippen LogP contribution < -0.4 is 5.32 Å². The predicted octanol–water partition coefficient (Wildman–Crippen LogP) is 1.27. The Kier molecular flexibility index (Phi) is 12.9. The number of hydrogen-bond acceptors (Lipinski definition) is 7. The van der Waals surface area contributed by atoms with E-state index in [4.69, 9.17) is 18.9 Å². The molecule has 3 amide bonds. The lowest BCUT2D eigenvalue weighted by Crippen LogP contribution is -2.31. The van der Waals surface area contributed by atoms with Gasteiger partial charge in [-0.15, -0.1) is 0 Å².